The predicted octanol–water partition coefficient (Wildman–Crippen LogP) is 9.65. The van der Waals surface area contributed by atoms with Crippen LogP contribution in [0, 0.1) is 5.82 Å². The van der Waals surface area contributed by atoms with Gasteiger partial charge in [0.05, 0.1) is 11.6 Å². The molecule has 0 bridgehead atoms. The minimum Gasteiger partial charge on any atom is -0.496 e. The van der Waals surface area contributed by atoms with Crippen LogP contribution >= 0.6 is 15.9 Å². The molecule has 1 unspecified atom stereocenters. The molecule has 0 saturated carbocycles. The summed E-state index contributed by atoms with van der Waals surface area (Å²) in [6.45, 7) is 4.36. The Morgan fingerprint density at radius 1 is 0.909 bits per heavy atom. The molecule has 4 aromatic carbocycles. The molecule has 0 aliphatic carbocycles. The number of hydrogen-bond donors (Lipinski definition) is 0. The number of carbonyl (C=O) groups is 1. The number of benzene rings is 4. The predicted molar refractivity (Wildman–Crippen MR) is 181 cm³/mol. The summed E-state index contributed by atoms with van der Waals surface area (Å²) in [6, 6.07) is 33.0. The average Bonchev–Trinajstić information content (AvgIpc) is 3.05. The van der Waals surface area contributed by atoms with Gasteiger partial charge in [-0.1, -0.05) is 72.8 Å². The molecule has 0 spiro atoms. The normalized spacial score (nSPS) is 15.1. The van der Waals surface area contributed by atoms with Gasteiger partial charge in [0, 0.05) is 30.8 Å². The number of rotatable bonds is 14. The topological polar surface area (TPSA) is 29.5 Å². The van der Waals surface area contributed by atoms with Crippen molar-refractivity contribution in [3.63, 3.8) is 0 Å². The zero-order valence-corrected chi connectivity index (χ0v) is 27.5. The molecule has 0 fully saturated rings. The molecule has 0 N–H and O–H groups in total. The van der Waals surface area contributed by atoms with Gasteiger partial charge in [0.15, 0.2) is 0 Å². The summed E-state index contributed by atoms with van der Waals surface area (Å²) in [5, 5.41) is 0. The monoisotopic (exact) mass is 655 g/mol. The van der Waals surface area contributed by atoms with Gasteiger partial charge >= 0.3 is 0 Å². The molecule has 0 radical (unpaired) electrons. The van der Waals surface area contributed by atoms with E-state index in [1.165, 1.54) is 34.4 Å². The fourth-order valence-electron chi connectivity index (χ4n) is 6.95. The lowest BCUT2D eigenvalue weighted by Gasteiger charge is -2.39. The van der Waals surface area contributed by atoms with E-state index in [1.807, 2.05) is 0 Å². The summed E-state index contributed by atoms with van der Waals surface area (Å²) in [6.07, 6.45) is 6.52. The van der Waals surface area contributed by atoms with Crippen LogP contribution in [0.4, 0.5) is 4.39 Å². The second-order valence-electron chi connectivity index (χ2n) is 12.1. The van der Waals surface area contributed by atoms with Crippen LogP contribution in [0.25, 0.3) is 0 Å². The number of nitrogens with zero attached hydrogens (tertiary/aromatic N) is 1. The Kier molecular flexibility index (Phi) is 11.1. The van der Waals surface area contributed by atoms with Crippen molar-refractivity contribution in [1.82, 2.24) is 4.90 Å². The van der Waals surface area contributed by atoms with Gasteiger partial charge in [0.25, 0.3) is 0 Å². The molecular weight excluding hydrogens is 613 g/mol. The van der Waals surface area contributed by atoms with E-state index in [0.29, 0.717) is 25.3 Å². The van der Waals surface area contributed by atoms with E-state index in [2.05, 4.69) is 101 Å². The highest BCUT2D eigenvalue weighted by atomic mass is 79.9. The van der Waals surface area contributed by atoms with Gasteiger partial charge in [-0.05, 0) is 120 Å². The van der Waals surface area contributed by atoms with Gasteiger partial charge in [-0.15, -0.1) is 0 Å². The fraction of sp³-hybridized carbons (Fsp3) is 0.359. The Morgan fingerprint density at radius 2 is 1.55 bits per heavy atom. The van der Waals surface area contributed by atoms with Gasteiger partial charge in [-0.25, -0.2) is 4.39 Å². The Morgan fingerprint density at radius 3 is 2.18 bits per heavy atom. The second-order valence-corrected chi connectivity index (χ2v) is 12.9. The zero-order valence-electron chi connectivity index (χ0n) is 25.9. The number of ketones is 1. The van der Waals surface area contributed by atoms with Gasteiger partial charge in [0.1, 0.15) is 17.3 Å². The van der Waals surface area contributed by atoms with Crippen molar-refractivity contribution in [1.29, 1.82) is 0 Å². The van der Waals surface area contributed by atoms with Gasteiger partial charge in [-0.3, -0.25) is 9.69 Å². The minimum absolute atomic E-state index is 0.174. The summed E-state index contributed by atoms with van der Waals surface area (Å²) in [5.74, 6) is 0.924. The quantitative estimate of drug-likeness (QED) is 0.135. The molecule has 5 rings (SSSR count). The molecule has 0 amide bonds. The largest absolute Gasteiger partial charge is 0.496 e. The number of aryl methyl sites for hydroxylation is 1. The third kappa shape index (κ3) is 7.68. The molecule has 0 saturated heterocycles. The van der Waals surface area contributed by atoms with Crippen LogP contribution in [0.15, 0.2) is 102 Å². The first-order valence-corrected chi connectivity index (χ1v) is 16.7. The van der Waals surface area contributed by atoms with Crippen LogP contribution in [0.3, 0.4) is 0 Å². The zero-order chi connectivity index (χ0) is 30.9. The third-order valence-corrected chi connectivity index (χ3v) is 10.1. The number of halogens is 2. The first-order valence-electron chi connectivity index (χ1n) is 15.9. The van der Waals surface area contributed by atoms with Crippen molar-refractivity contribution in [2.24, 2.45) is 0 Å². The maximum atomic E-state index is 13.3. The lowest BCUT2D eigenvalue weighted by atomic mass is 9.68. The van der Waals surface area contributed by atoms with E-state index in [-0.39, 0.29) is 17.0 Å². The molecule has 230 valence electrons. The van der Waals surface area contributed by atoms with E-state index in [9.17, 15) is 9.18 Å². The van der Waals surface area contributed by atoms with Gasteiger partial charge < -0.3 is 4.74 Å². The summed E-state index contributed by atoms with van der Waals surface area (Å²) in [5.41, 5.74) is 6.22. The number of Topliss-reactive ketones (excluding diaryl/α,β-unsaturated/α-hetero) is 1. The Hall–Kier alpha value is -3.28. The molecule has 1 aliphatic rings. The standard InChI is InChI=1S/C39H43BrFNO2/c1-29-36-28-37(40)38(44-2)27-31(36)22-26-42(29)25-10-24-39(32-11-5-3-6-12-32,33-13-7-4-8-14-33)23-9-15-35(43)21-18-30-16-19-34(41)20-17-30/h3-8,11-14,16-17,19-20,27-29H,9-10,15,18,21-26H2,1-2H3. The van der Waals surface area contributed by atoms with Crippen LogP contribution in [0.1, 0.15) is 79.3 Å². The van der Waals surface area contributed by atoms with Crippen LogP contribution < -0.4 is 4.74 Å². The molecule has 1 atom stereocenters. The van der Waals surface area contributed by atoms with E-state index in [0.717, 1.165) is 61.0 Å². The summed E-state index contributed by atoms with van der Waals surface area (Å²) in [7, 11) is 1.72. The Labute approximate surface area is 270 Å². The second kappa shape index (κ2) is 15.1. The van der Waals surface area contributed by atoms with E-state index >= 15 is 0 Å². The lowest BCUT2D eigenvalue weighted by molar-refractivity contribution is -0.119. The third-order valence-electron chi connectivity index (χ3n) is 9.45. The molecule has 3 nitrogen and oxygen atoms in total. The fourth-order valence-corrected chi connectivity index (χ4v) is 7.47. The number of hydrogen-bond acceptors (Lipinski definition) is 3. The van der Waals surface area contributed by atoms with Crippen molar-refractivity contribution in [2.45, 2.75) is 69.7 Å². The molecule has 0 aromatic heterocycles. The van der Waals surface area contributed by atoms with E-state index in [1.54, 1.807) is 19.2 Å². The SMILES string of the molecule is COc1cc2c(cc1Br)C(C)N(CCCC(CCCC(=O)CCc1ccc(F)cc1)(c1ccccc1)c1ccccc1)CC2. The molecule has 1 heterocycles. The van der Waals surface area contributed by atoms with Crippen molar-refractivity contribution in [3.8, 4) is 5.75 Å². The van der Waals surface area contributed by atoms with Crippen molar-refractivity contribution < 1.29 is 13.9 Å². The summed E-state index contributed by atoms with van der Waals surface area (Å²) < 4.78 is 19.8. The smallest absolute Gasteiger partial charge is 0.133 e. The number of fused-ring (bicyclic) bond motifs is 1. The number of methoxy groups -OCH3 is 1. The van der Waals surface area contributed by atoms with Crippen LogP contribution in [-0.2, 0) is 23.1 Å². The molecule has 1 aliphatic heterocycles. The Balaban J connectivity index is 1.29. The maximum Gasteiger partial charge on any atom is 0.133 e. The van der Waals surface area contributed by atoms with Gasteiger partial charge in [-0.2, -0.15) is 0 Å². The Bertz CT molecular complexity index is 1470. The highest BCUT2D eigenvalue weighted by Gasteiger charge is 2.34. The summed E-state index contributed by atoms with van der Waals surface area (Å²) in [4.78, 5) is 15.6. The number of ether oxygens (including phenoxy) is 1. The molecule has 44 heavy (non-hydrogen) atoms. The highest BCUT2D eigenvalue weighted by molar-refractivity contribution is 9.10. The van der Waals surface area contributed by atoms with Crippen LogP contribution in [0.2, 0.25) is 0 Å². The van der Waals surface area contributed by atoms with Crippen LogP contribution in [0.5, 0.6) is 5.75 Å². The van der Waals surface area contributed by atoms with Crippen molar-refractivity contribution in [2.75, 3.05) is 20.2 Å². The first kappa shape index (κ1) is 32.1. The van der Waals surface area contributed by atoms with Crippen LogP contribution in [-0.4, -0.2) is 30.9 Å². The molecule has 5 heteroatoms. The van der Waals surface area contributed by atoms with E-state index in [4.69, 9.17) is 4.74 Å². The van der Waals surface area contributed by atoms with Gasteiger partial charge in [0.2, 0.25) is 0 Å². The van der Waals surface area contributed by atoms with Crippen molar-refractivity contribution >= 4 is 21.7 Å². The lowest BCUT2D eigenvalue weighted by Crippen LogP contribution is -2.36. The molecular formula is C39H43BrFNO2. The average molecular weight is 657 g/mol. The first-order chi connectivity index (χ1) is 21.4. The minimum atomic E-state index is -0.244. The van der Waals surface area contributed by atoms with E-state index < -0.39 is 0 Å². The highest BCUT2D eigenvalue weighted by Crippen LogP contribution is 2.42. The van der Waals surface area contributed by atoms with Crippen molar-refractivity contribution in [3.05, 3.63) is 135 Å². The maximum absolute atomic E-state index is 13.3. The summed E-state index contributed by atoms with van der Waals surface area (Å²) >= 11 is 3.69. The number of carbonyl (C=O) groups excluding carboxylic acids is 1. The molecule has 4 aromatic rings.